The molecule has 0 amide bonds. The first-order chi connectivity index (χ1) is 9.56. The number of carboxylic acids is 1. The van der Waals surface area contributed by atoms with Gasteiger partial charge in [-0.05, 0) is 23.8 Å². The van der Waals surface area contributed by atoms with E-state index in [0.717, 1.165) is 0 Å². The van der Waals surface area contributed by atoms with Crippen molar-refractivity contribution in [1.29, 1.82) is 0 Å². The van der Waals surface area contributed by atoms with E-state index in [1.807, 2.05) is 0 Å². The number of carbonyl (C=O) groups is 3. The Bertz CT molecular complexity index is 645. The summed E-state index contributed by atoms with van der Waals surface area (Å²) >= 11 is 0. The molecule has 2 aliphatic heterocycles. The van der Waals surface area contributed by atoms with Crippen molar-refractivity contribution in [3.63, 3.8) is 0 Å². The predicted molar refractivity (Wildman–Crippen MR) is 65.7 cm³/mol. The third-order valence-electron chi connectivity index (χ3n) is 3.33. The van der Waals surface area contributed by atoms with E-state index in [1.165, 1.54) is 12.1 Å². The van der Waals surface area contributed by atoms with Crippen LogP contribution in [0.2, 0.25) is 0 Å². The van der Waals surface area contributed by atoms with Crippen molar-refractivity contribution >= 4 is 24.0 Å². The second-order valence-corrected chi connectivity index (χ2v) is 4.59. The number of esters is 2. The highest BCUT2D eigenvalue weighted by Crippen LogP contribution is 2.34. The Kier molecular flexibility index (Phi) is 2.78. The average molecular weight is 274 g/mol. The zero-order valence-corrected chi connectivity index (χ0v) is 10.2. The average Bonchev–Trinajstić information content (AvgIpc) is 2.92. The number of benzene rings is 1. The first-order valence-corrected chi connectivity index (χ1v) is 5.99. The summed E-state index contributed by atoms with van der Waals surface area (Å²) in [5, 5.41) is 8.93. The molecule has 0 aromatic heterocycles. The molecule has 6 nitrogen and oxygen atoms in total. The molecule has 2 aliphatic rings. The van der Waals surface area contributed by atoms with Crippen molar-refractivity contribution in [2.45, 2.75) is 6.10 Å². The van der Waals surface area contributed by atoms with E-state index in [-0.39, 0.29) is 12.2 Å². The van der Waals surface area contributed by atoms with Crippen molar-refractivity contribution in [3.05, 3.63) is 41.0 Å². The summed E-state index contributed by atoms with van der Waals surface area (Å²) in [6.45, 7) is 0.111. The van der Waals surface area contributed by atoms with Gasteiger partial charge in [0.1, 0.15) is 6.61 Å². The minimum absolute atomic E-state index is 0.111. The molecule has 102 valence electrons. The van der Waals surface area contributed by atoms with Gasteiger partial charge < -0.3 is 14.6 Å². The largest absolute Gasteiger partial charge is 0.478 e. The highest BCUT2D eigenvalue weighted by atomic mass is 16.6. The van der Waals surface area contributed by atoms with Crippen molar-refractivity contribution < 1.29 is 29.0 Å². The number of hydrogen-bond acceptors (Lipinski definition) is 5. The highest BCUT2D eigenvalue weighted by molar-refractivity contribution is 6.01. The van der Waals surface area contributed by atoms with E-state index in [2.05, 4.69) is 0 Å². The first-order valence-electron chi connectivity index (χ1n) is 5.99. The molecule has 0 spiro atoms. The highest BCUT2D eigenvalue weighted by Gasteiger charge is 2.50. The van der Waals surface area contributed by atoms with Crippen LogP contribution in [0.1, 0.15) is 15.9 Å². The summed E-state index contributed by atoms with van der Waals surface area (Å²) in [5.74, 6) is -2.55. The van der Waals surface area contributed by atoms with Crippen LogP contribution in [0.4, 0.5) is 0 Å². The maximum absolute atomic E-state index is 11.7. The van der Waals surface area contributed by atoms with Crippen LogP contribution in [0.3, 0.4) is 0 Å². The first kappa shape index (κ1) is 12.4. The lowest BCUT2D eigenvalue weighted by atomic mass is 9.96. The predicted octanol–water partition coefficient (Wildman–Crippen LogP) is 0.867. The molecule has 2 fully saturated rings. The van der Waals surface area contributed by atoms with E-state index < -0.39 is 29.9 Å². The molecule has 20 heavy (non-hydrogen) atoms. The lowest BCUT2D eigenvalue weighted by Gasteiger charge is -2.02. The molecular formula is C14H10O6. The van der Waals surface area contributed by atoms with Crippen LogP contribution < -0.4 is 0 Å². The molecule has 1 aromatic carbocycles. The van der Waals surface area contributed by atoms with Crippen molar-refractivity contribution in [2.24, 2.45) is 5.92 Å². The van der Waals surface area contributed by atoms with Gasteiger partial charge in [-0.15, -0.1) is 0 Å². The van der Waals surface area contributed by atoms with Crippen LogP contribution >= 0.6 is 0 Å². The summed E-state index contributed by atoms with van der Waals surface area (Å²) in [6, 6.07) is 6.18. The van der Waals surface area contributed by atoms with Gasteiger partial charge in [0.05, 0.1) is 11.5 Å². The van der Waals surface area contributed by atoms with Crippen molar-refractivity contribution in [3.8, 4) is 0 Å². The third kappa shape index (κ3) is 1.95. The van der Waals surface area contributed by atoms with Gasteiger partial charge in [0, 0.05) is 5.57 Å². The molecule has 0 aliphatic carbocycles. The summed E-state index contributed by atoms with van der Waals surface area (Å²) in [5.41, 5.74) is 1.03. The topological polar surface area (TPSA) is 89.9 Å². The number of aromatic carboxylic acids is 1. The number of hydrogen-bond donors (Lipinski definition) is 1. The Morgan fingerprint density at radius 3 is 2.90 bits per heavy atom. The van der Waals surface area contributed by atoms with E-state index in [1.54, 1.807) is 18.2 Å². The fourth-order valence-corrected chi connectivity index (χ4v) is 2.33. The number of rotatable bonds is 2. The molecule has 2 saturated heterocycles. The SMILES string of the molecule is O=C1O[C@H]2C(=O)OC[C@H]2/C1=C/c1cccc(C(=O)O)c1. The lowest BCUT2D eigenvalue weighted by molar-refractivity contribution is -0.154. The van der Waals surface area contributed by atoms with Crippen LogP contribution in [0.5, 0.6) is 0 Å². The Morgan fingerprint density at radius 1 is 1.35 bits per heavy atom. The minimum Gasteiger partial charge on any atom is -0.478 e. The summed E-state index contributed by atoms with van der Waals surface area (Å²) in [4.78, 5) is 34.0. The van der Waals surface area contributed by atoms with Gasteiger partial charge in [-0.25, -0.2) is 14.4 Å². The van der Waals surface area contributed by atoms with E-state index >= 15 is 0 Å². The Balaban J connectivity index is 1.96. The van der Waals surface area contributed by atoms with Crippen LogP contribution in [-0.4, -0.2) is 35.7 Å². The van der Waals surface area contributed by atoms with Crippen molar-refractivity contribution in [1.82, 2.24) is 0 Å². The zero-order chi connectivity index (χ0) is 14.3. The maximum Gasteiger partial charge on any atom is 0.348 e. The monoisotopic (exact) mass is 274 g/mol. The van der Waals surface area contributed by atoms with Gasteiger partial charge in [-0.2, -0.15) is 0 Å². The third-order valence-corrected chi connectivity index (χ3v) is 3.33. The van der Waals surface area contributed by atoms with Gasteiger partial charge in [-0.3, -0.25) is 0 Å². The Hall–Kier alpha value is -2.63. The Morgan fingerprint density at radius 2 is 2.15 bits per heavy atom. The molecule has 0 bridgehead atoms. The molecule has 1 aromatic rings. The van der Waals surface area contributed by atoms with Gasteiger partial charge in [-0.1, -0.05) is 12.1 Å². The summed E-state index contributed by atoms with van der Waals surface area (Å²) in [6.07, 6.45) is 0.679. The molecule has 2 heterocycles. The number of fused-ring (bicyclic) bond motifs is 1. The van der Waals surface area contributed by atoms with Gasteiger partial charge in [0.15, 0.2) is 0 Å². The van der Waals surface area contributed by atoms with Crippen LogP contribution in [0.15, 0.2) is 29.8 Å². The molecule has 0 saturated carbocycles. The zero-order valence-electron chi connectivity index (χ0n) is 10.2. The minimum atomic E-state index is -1.04. The molecule has 6 heteroatoms. The second-order valence-electron chi connectivity index (χ2n) is 4.59. The fourth-order valence-electron chi connectivity index (χ4n) is 2.33. The van der Waals surface area contributed by atoms with Gasteiger partial charge in [0.2, 0.25) is 6.10 Å². The Labute approximate surface area is 113 Å². The van der Waals surface area contributed by atoms with E-state index in [0.29, 0.717) is 11.1 Å². The summed E-state index contributed by atoms with van der Waals surface area (Å²) < 4.78 is 9.81. The molecule has 0 unspecified atom stereocenters. The summed E-state index contributed by atoms with van der Waals surface area (Å²) in [7, 11) is 0. The van der Waals surface area contributed by atoms with Gasteiger partial charge >= 0.3 is 17.9 Å². The van der Waals surface area contributed by atoms with Crippen LogP contribution in [-0.2, 0) is 19.1 Å². The lowest BCUT2D eigenvalue weighted by Crippen LogP contribution is -2.18. The number of carboxylic acid groups (broad SMARTS) is 1. The molecule has 1 N–H and O–H groups in total. The number of carbonyl (C=O) groups excluding carboxylic acids is 2. The van der Waals surface area contributed by atoms with Gasteiger partial charge in [0.25, 0.3) is 0 Å². The molecule has 2 atom stereocenters. The van der Waals surface area contributed by atoms with E-state index in [4.69, 9.17) is 14.6 Å². The maximum atomic E-state index is 11.7. The molecular weight excluding hydrogens is 264 g/mol. The molecule has 0 radical (unpaired) electrons. The van der Waals surface area contributed by atoms with Crippen LogP contribution in [0.25, 0.3) is 6.08 Å². The molecule has 3 rings (SSSR count). The fraction of sp³-hybridized carbons (Fsp3) is 0.214. The smallest absolute Gasteiger partial charge is 0.348 e. The normalized spacial score (nSPS) is 26.3. The standard InChI is InChI=1S/C14H10O6/c15-12(16)8-3-1-2-7(4-8)5-9-10-6-19-14(18)11(10)20-13(9)17/h1-5,10-11H,6H2,(H,15,16)/b9-5-/t10-,11+/m0/s1. The van der Waals surface area contributed by atoms with E-state index in [9.17, 15) is 14.4 Å². The van der Waals surface area contributed by atoms with Crippen molar-refractivity contribution in [2.75, 3.05) is 6.61 Å². The number of ether oxygens (including phenoxy) is 2. The quantitative estimate of drug-likeness (QED) is 0.635. The van der Waals surface area contributed by atoms with Crippen LogP contribution in [0, 0.1) is 5.92 Å². The second kappa shape index (κ2) is 4.48. The number of cyclic esters (lactones) is 1.